The minimum Gasteiger partial charge on any atom is -0.467 e. The zero-order valence-corrected chi connectivity index (χ0v) is 10.6. The molecule has 1 aliphatic rings. The van der Waals surface area contributed by atoms with Crippen molar-refractivity contribution in [2.24, 2.45) is 0 Å². The van der Waals surface area contributed by atoms with E-state index in [2.05, 4.69) is 10.3 Å². The van der Waals surface area contributed by atoms with E-state index >= 15 is 0 Å². The first-order valence-corrected chi connectivity index (χ1v) is 6.01. The van der Waals surface area contributed by atoms with Crippen molar-refractivity contribution in [2.45, 2.75) is 13.2 Å². The number of aromatic nitrogens is 3. The van der Waals surface area contributed by atoms with Gasteiger partial charge in [-0.05, 0) is 12.1 Å². The monoisotopic (exact) mass is 279 g/mol. The molecular weight excluding hydrogens is 270 g/mol. The van der Waals surface area contributed by atoms with Gasteiger partial charge in [0.2, 0.25) is 0 Å². The first-order chi connectivity index (χ1) is 9.26. The van der Waals surface area contributed by atoms with Gasteiger partial charge in [0.25, 0.3) is 0 Å². The molecule has 1 aromatic carbocycles. The number of aldehydes is 1. The summed E-state index contributed by atoms with van der Waals surface area (Å²) >= 11 is 6.07. The van der Waals surface area contributed by atoms with Crippen molar-refractivity contribution in [2.75, 3.05) is 6.79 Å². The van der Waals surface area contributed by atoms with E-state index in [0.29, 0.717) is 30.2 Å². The normalized spacial score (nSPS) is 13.7. The van der Waals surface area contributed by atoms with Gasteiger partial charge in [0, 0.05) is 16.1 Å². The van der Waals surface area contributed by atoms with E-state index in [1.54, 1.807) is 10.9 Å². The quantitative estimate of drug-likeness (QED) is 0.800. The summed E-state index contributed by atoms with van der Waals surface area (Å²) in [6.07, 6.45) is 2.22. The number of ether oxygens (including phenoxy) is 2. The molecule has 19 heavy (non-hydrogen) atoms. The van der Waals surface area contributed by atoms with Crippen LogP contribution in [0.1, 0.15) is 21.6 Å². The van der Waals surface area contributed by atoms with Crippen molar-refractivity contribution >= 4 is 17.9 Å². The molecule has 6 nitrogen and oxygen atoms in total. The molecule has 2 heterocycles. The van der Waals surface area contributed by atoms with Crippen LogP contribution in [-0.2, 0) is 17.9 Å². The van der Waals surface area contributed by atoms with Crippen LogP contribution in [-0.4, -0.2) is 28.1 Å². The standard InChI is InChI=1S/C12H10ClN3O3/c13-10-1-8(3-16-4-11(5-17)14-15-16)12-9(2-10)6-18-7-19-12/h1-2,4-5H,3,6-7H2. The molecule has 0 fully saturated rings. The fourth-order valence-corrected chi connectivity index (χ4v) is 2.26. The second-order valence-corrected chi connectivity index (χ2v) is 4.56. The predicted molar refractivity (Wildman–Crippen MR) is 66.2 cm³/mol. The van der Waals surface area contributed by atoms with Crippen molar-refractivity contribution in [1.29, 1.82) is 0 Å². The summed E-state index contributed by atoms with van der Waals surface area (Å²) < 4.78 is 12.3. The van der Waals surface area contributed by atoms with Gasteiger partial charge in [-0.15, -0.1) is 5.10 Å². The van der Waals surface area contributed by atoms with E-state index in [-0.39, 0.29) is 6.79 Å². The van der Waals surface area contributed by atoms with Gasteiger partial charge in [0.1, 0.15) is 11.4 Å². The lowest BCUT2D eigenvalue weighted by atomic mass is 10.1. The number of hydrogen-bond donors (Lipinski definition) is 0. The number of nitrogens with zero attached hydrogens (tertiary/aromatic N) is 3. The zero-order chi connectivity index (χ0) is 13.2. The number of hydrogen-bond acceptors (Lipinski definition) is 5. The summed E-state index contributed by atoms with van der Waals surface area (Å²) in [5.74, 6) is 0.763. The van der Waals surface area contributed by atoms with Crippen LogP contribution < -0.4 is 4.74 Å². The molecular formula is C12H10ClN3O3. The minimum absolute atomic E-state index is 0.221. The summed E-state index contributed by atoms with van der Waals surface area (Å²) in [4.78, 5) is 10.6. The molecule has 0 N–H and O–H groups in total. The average molecular weight is 280 g/mol. The maximum Gasteiger partial charge on any atom is 0.189 e. The molecule has 2 aromatic rings. The lowest BCUT2D eigenvalue weighted by molar-refractivity contribution is -0.0171. The summed E-state index contributed by atoms with van der Waals surface area (Å²) in [7, 11) is 0. The average Bonchev–Trinajstić information content (AvgIpc) is 2.86. The molecule has 0 bridgehead atoms. The molecule has 1 aromatic heterocycles. The van der Waals surface area contributed by atoms with Crippen LogP contribution in [0.5, 0.6) is 5.75 Å². The predicted octanol–water partition coefficient (Wildman–Crippen LogP) is 1.66. The second-order valence-electron chi connectivity index (χ2n) is 4.12. The third-order valence-electron chi connectivity index (χ3n) is 2.76. The highest BCUT2D eigenvalue weighted by atomic mass is 35.5. The first kappa shape index (κ1) is 12.1. The number of carbonyl (C=O) groups excluding carboxylic acids is 1. The number of fused-ring (bicyclic) bond motifs is 1. The molecule has 0 aliphatic carbocycles. The van der Waals surface area contributed by atoms with E-state index in [0.717, 1.165) is 16.9 Å². The molecule has 7 heteroatoms. The molecule has 0 spiro atoms. The molecule has 0 unspecified atom stereocenters. The van der Waals surface area contributed by atoms with E-state index in [1.807, 2.05) is 12.1 Å². The Hall–Kier alpha value is -1.92. The van der Waals surface area contributed by atoms with Crippen LogP contribution >= 0.6 is 11.6 Å². The van der Waals surface area contributed by atoms with Gasteiger partial charge in [-0.25, -0.2) is 4.68 Å². The Morgan fingerprint density at radius 1 is 1.47 bits per heavy atom. The summed E-state index contributed by atoms with van der Waals surface area (Å²) in [5.41, 5.74) is 2.08. The summed E-state index contributed by atoms with van der Waals surface area (Å²) in [6, 6.07) is 3.63. The molecule has 98 valence electrons. The van der Waals surface area contributed by atoms with Gasteiger partial charge in [-0.2, -0.15) is 0 Å². The van der Waals surface area contributed by atoms with Crippen LogP contribution in [0.15, 0.2) is 18.3 Å². The van der Waals surface area contributed by atoms with Crippen LogP contribution in [0.2, 0.25) is 5.02 Å². The summed E-state index contributed by atoms with van der Waals surface area (Å²) in [6.45, 7) is 1.13. The van der Waals surface area contributed by atoms with Gasteiger partial charge < -0.3 is 9.47 Å². The molecule has 0 amide bonds. The van der Waals surface area contributed by atoms with E-state index < -0.39 is 0 Å². The summed E-state index contributed by atoms with van der Waals surface area (Å²) in [5, 5.41) is 8.19. The van der Waals surface area contributed by atoms with Crippen LogP contribution in [0.3, 0.4) is 0 Å². The SMILES string of the molecule is O=Cc1cn(Cc2cc(Cl)cc3c2OCOC3)nn1. The second kappa shape index (κ2) is 4.99. The van der Waals surface area contributed by atoms with E-state index in [9.17, 15) is 4.79 Å². The van der Waals surface area contributed by atoms with Crippen molar-refractivity contribution in [1.82, 2.24) is 15.0 Å². The topological polar surface area (TPSA) is 66.2 Å². The van der Waals surface area contributed by atoms with Gasteiger partial charge in [0.05, 0.1) is 19.3 Å². The Morgan fingerprint density at radius 2 is 2.37 bits per heavy atom. The maximum absolute atomic E-state index is 10.6. The first-order valence-electron chi connectivity index (χ1n) is 5.63. The van der Waals surface area contributed by atoms with Crippen LogP contribution in [0.25, 0.3) is 0 Å². The Morgan fingerprint density at radius 3 is 3.16 bits per heavy atom. The Labute approximate surface area is 113 Å². The lowest BCUT2D eigenvalue weighted by Crippen LogP contribution is -2.14. The van der Waals surface area contributed by atoms with Crippen LogP contribution in [0, 0.1) is 0 Å². The molecule has 0 saturated carbocycles. The largest absolute Gasteiger partial charge is 0.467 e. The maximum atomic E-state index is 10.6. The smallest absolute Gasteiger partial charge is 0.189 e. The van der Waals surface area contributed by atoms with Crippen molar-refractivity contribution in [3.63, 3.8) is 0 Å². The van der Waals surface area contributed by atoms with E-state index in [1.165, 1.54) is 0 Å². The van der Waals surface area contributed by atoms with Crippen molar-refractivity contribution < 1.29 is 14.3 Å². The molecule has 1 aliphatic heterocycles. The number of carbonyl (C=O) groups is 1. The van der Waals surface area contributed by atoms with Gasteiger partial charge >= 0.3 is 0 Å². The Balaban J connectivity index is 1.95. The highest BCUT2D eigenvalue weighted by molar-refractivity contribution is 6.30. The minimum atomic E-state index is 0.221. The van der Waals surface area contributed by atoms with Gasteiger partial charge in [0.15, 0.2) is 13.1 Å². The molecule has 0 atom stereocenters. The van der Waals surface area contributed by atoms with Crippen molar-refractivity contribution in [3.8, 4) is 5.75 Å². The van der Waals surface area contributed by atoms with E-state index in [4.69, 9.17) is 21.1 Å². The highest BCUT2D eigenvalue weighted by Crippen LogP contribution is 2.31. The van der Waals surface area contributed by atoms with Crippen molar-refractivity contribution in [3.05, 3.63) is 40.2 Å². The third-order valence-corrected chi connectivity index (χ3v) is 2.98. The molecule has 0 radical (unpaired) electrons. The van der Waals surface area contributed by atoms with Gasteiger partial charge in [-0.3, -0.25) is 4.79 Å². The highest BCUT2D eigenvalue weighted by Gasteiger charge is 2.17. The third kappa shape index (κ3) is 2.45. The fourth-order valence-electron chi connectivity index (χ4n) is 1.99. The lowest BCUT2D eigenvalue weighted by Gasteiger charge is -2.21. The van der Waals surface area contributed by atoms with Crippen LogP contribution in [0.4, 0.5) is 0 Å². The Kier molecular flexibility index (Phi) is 3.18. The molecule has 3 rings (SSSR count). The number of rotatable bonds is 3. The zero-order valence-electron chi connectivity index (χ0n) is 9.88. The number of benzene rings is 1. The number of halogens is 1. The van der Waals surface area contributed by atoms with Gasteiger partial charge in [-0.1, -0.05) is 16.8 Å². The fraction of sp³-hybridized carbons (Fsp3) is 0.250. The molecule has 0 saturated heterocycles. The Bertz CT molecular complexity index is 627.